The van der Waals surface area contributed by atoms with Gasteiger partial charge in [-0.15, -0.1) is 0 Å². The Morgan fingerprint density at radius 3 is 2.67 bits per heavy atom. The van der Waals surface area contributed by atoms with Gasteiger partial charge < -0.3 is 4.90 Å². The zero-order valence-corrected chi connectivity index (χ0v) is 12.5. The van der Waals surface area contributed by atoms with Crippen LogP contribution in [0.15, 0.2) is 0 Å². The molecule has 0 aromatic heterocycles. The van der Waals surface area contributed by atoms with E-state index in [0.717, 1.165) is 25.3 Å². The molecule has 0 radical (unpaired) electrons. The van der Waals surface area contributed by atoms with E-state index in [1.165, 1.54) is 32.2 Å². The van der Waals surface area contributed by atoms with Crippen LogP contribution in [0.2, 0.25) is 0 Å². The van der Waals surface area contributed by atoms with Crippen LogP contribution in [0.25, 0.3) is 0 Å². The molecule has 0 aromatic carbocycles. The second-order valence-electron chi connectivity index (χ2n) is 5.38. The maximum absolute atomic E-state index is 12.3. The highest BCUT2D eigenvalue weighted by Gasteiger charge is 2.38. The van der Waals surface area contributed by atoms with E-state index in [1.54, 1.807) is 11.8 Å². The fourth-order valence-corrected chi connectivity index (χ4v) is 3.89. The van der Waals surface area contributed by atoms with E-state index >= 15 is 0 Å². The smallest absolute Gasteiger partial charge is 0.223 e. The third-order valence-corrected chi connectivity index (χ3v) is 5.02. The Labute approximate surface area is 115 Å². The van der Waals surface area contributed by atoms with Crippen molar-refractivity contribution in [3.63, 3.8) is 0 Å². The van der Waals surface area contributed by atoms with Crippen LogP contribution < -0.4 is 0 Å². The van der Waals surface area contributed by atoms with Gasteiger partial charge in [-0.05, 0) is 45.0 Å². The minimum absolute atomic E-state index is 0.384. The van der Waals surface area contributed by atoms with Crippen LogP contribution in [0.1, 0.15) is 39.0 Å². The van der Waals surface area contributed by atoms with Gasteiger partial charge in [-0.1, -0.05) is 6.92 Å². The molecule has 3 nitrogen and oxygen atoms in total. The number of nitrogens with zero attached hydrogens (tertiary/aromatic N) is 2. The molecule has 1 amide bonds. The minimum atomic E-state index is 0.384. The predicted molar refractivity (Wildman–Crippen MR) is 78.0 cm³/mol. The molecule has 0 saturated carbocycles. The van der Waals surface area contributed by atoms with Crippen LogP contribution in [-0.4, -0.2) is 59.4 Å². The first-order valence-corrected chi connectivity index (χ1v) is 8.69. The third kappa shape index (κ3) is 3.02. The van der Waals surface area contributed by atoms with Crippen molar-refractivity contribution in [2.45, 2.75) is 51.1 Å². The van der Waals surface area contributed by atoms with E-state index in [4.69, 9.17) is 0 Å². The van der Waals surface area contributed by atoms with Gasteiger partial charge in [-0.25, -0.2) is 0 Å². The van der Waals surface area contributed by atoms with Gasteiger partial charge in [-0.2, -0.15) is 11.8 Å². The van der Waals surface area contributed by atoms with Crippen molar-refractivity contribution in [2.75, 3.05) is 31.6 Å². The average molecular weight is 270 g/mol. The molecule has 0 spiro atoms. The largest absolute Gasteiger partial charge is 0.338 e. The molecule has 2 rings (SSSR count). The number of rotatable bonds is 5. The van der Waals surface area contributed by atoms with Gasteiger partial charge in [0.15, 0.2) is 0 Å². The van der Waals surface area contributed by atoms with Gasteiger partial charge in [-0.3, -0.25) is 9.69 Å². The Kier molecular flexibility index (Phi) is 5.37. The lowest BCUT2D eigenvalue weighted by Gasteiger charge is -2.34. The molecule has 2 fully saturated rings. The van der Waals surface area contributed by atoms with Crippen molar-refractivity contribution in [1.29, 1.82) is 0 Å². The maximum atomic E-state index is 12.3. The number of hydrogen-bond acceptors (Lipinski definition) is 3. The lowest BCUT2D eigenvalue weighted by molar-refractivity contribution is -0.132. The van der Waals surface area contributed by atoms with Crippen molar-refractivity contribution in [3.8, 4) is 0 Å². The second-order valence-corrected chi connectivity index (χ2v) is 6.36. The highest BCUT2D eigenvalue weighted by molar-refractivity contribution is 7.98. The quantitative estimate of drug-likeness (QED) is 0.765. The molecule has 2 heterocycles. The Hall–Kier alpha value is -0.220. The SMILES string of the molecule is CCN1CCC[C@H]1[C@@H]1CCCN1C(=O)CCSC. The van der Waals surface area contributed by atoms with Crippen LogP contribution in [0.4, 0.5) is 0 Å². The summed E-state index contributed by atoms with van der Waals surface area (Å²) >= 11 is 1.77. The number of likely N-dealkylation sites (N-methyl/N-ethyl adjacent to an activating group) is 1. The fraction of sp³-hybridized carbons (Fsp3) is 0.929. The van der Waals surface area contributed by atoms with Gasteiger partial charge in [0.25, 0.3) is 0 Å². The molecule has 4 heteroatoms. The lowest BCUT2D eigenvalue weighted by Crippen LogP contribution is -2.48. The zero-order chi connectivity index (χ0) is 13.0. The first-order chi connectivity index (χ1) is 8.77. The molecule has 0 unspecified atom stereocenters. The topological polar surface area (TPSA) is 23.6 Å². The summed E-state index contributed by atoms with van der Waals surface area (Å²) in [5.41, 5.74) is 0. The molecule has 18 heavy (non-hydrogen) atoms. The highest BCUT2D eigenvalue weighted by atomic mass is 32.2. The standard InChI is InChI=1S/C14H26N2OS/c1-3-15-9-4-6-12(15)13-7-5-10-16(13)14(17)8-11-18-2/h12-13H,3-11H2,1-2H3/t12-,13-/m0/s1. The fourth-order valence-electron chi connectivity index (χ4n) is 3.52. The number of likely N-dealkylation sites (tertiary alicyclic amines) is 2. The van der Waals surface area contributed by atoms with Crippen molar-refractivity contribution in [2.24, 2.45) is 0 Å². The summed E-state index contributed by atoms with van der Waals surface area (Å²) in [5, 5.41) is 0. The molecule has 0 N–H and O–H groups in total. The van der Waals surface area contributed by atoms with Crippen LogP contribution in [0, 0.1) is 0 Å². The lowest BCUT2D eigenvalue weighted by atomic mass is 10.0. The van der Waals surface area contributed by atoms with Crippen LogP contribution in [0.5, 0.6) is 0 Å². The molecule has 104 valence electrons. The molecule has 0 aliphatic carbocycles. The van der Waals surface area contributed by atoms with Crippen molar-refractivity contribution < 1.29 is 4.79 Å². The molecular weight excluding hydrogens is 244 g/mol. The van der Waals surface area contributed by atoms with Gasteiger partial charge in [0.05, 0.1) is 0 Å². The molecule has 0 bridgehead atoms. The third-order valence-electron chi connectivity index (χ3n) is 4.40. The van der Waals surface area contributed by atoms with Gasteiger partial charge in [0, 0.05) is 30.8 Å². The monoisotopic (exact) mass is 270 g/mol. The molecule has 2 aliphatic heterocycles. The number of amides is 1. The van der Waals surface area contributed by atoms with E-state index < -0.39 is 0 Å². The number of hydrogen-bond donors (Lipinski definition) is 0. The van der Waals surface area contributed by atoms with Crippen LogP contribution in [-0.2, 0) is 4.79 Å². The zero-order valence-electron chi connectivity index (χ0n) is 11.7. The summed E-state index contributed by atoms with van der Waals surface area (Å²) in [6.45, 7) is 5.59. The number of carbonyl (C=O) groups is 1. The Morgan fingerprint density at radius 2 is 1.94 bits per heavy atom. The second kappa shape index (κ2) is 6.80. The number of thioether (sulfide) groups is 1. The first kappa shape index (κ1) is 14.2. The molecule has 2 aliphatic rings. The normalized spacial score (nSPS) is 29.1. The highest BCUT2D eigenvalue weighted by Crippen LogP contribution is 2.30. The minimum Gasteiger partial charge on any atom is -0.338 e. The summed E-state index contributed by atoms with van der Waals surface area (Å²) in [6.07, 6.45) is 7.80. The van der Waals surface area contributed by atoms with Crippen molar-refractivity contribution in [3.05, 3.63) is 0 Å². The summed E-state index contributed by atoms with van der Waals surface area (Å²) in [4.78, 5) is 17.0. The summed E-state index contributed by atoms with van der Waals surface area (Å²) < 4.78 is 0. The summed E-state index contributed by atoms with van der Waals surface area (Å²) in [5.74, 6) is 1.35. The molecule has 2 saturated heterocycles. The van der Waals surface area contributed by atoms with E-state index in [1.807, 2.05) is 0 Å². The van der Waals surface area contributed by atoms with E-state index in [0.29, 0.717) is 18.0 Å². The van der Waals surface area contributed by atoms with Crippen molar-refractivity contribution in [1.82, 2.24) is 9.80 Å². The molecule has 2 atom stereocenters. The van der Waals surface area contributed by atoms with E-state index in [-0.39, 0.29) is 0 Å². The Bertz CT molecular complexity index is 285. The van der Waals surface area contributed by atoms with Gasteiger partial charge in [0.1, 0.15) is 0 Å². The maximum Gasteiger partial charge on any atom is 0.223 e. The molecule has 0 aromatic rings. The summed E-state index contributed by atoms with van der Waals surface area (Å²) in [6, 6.07) is 1.14. The molecular formula is C14H26N2OS. The first-order valence-electron chi connectivity index (χ1n) is 7.30. The van der Waals surface area contributed by atoms with Crippen molar-refractivity contribution >= 4 is 17.7 Å². The Morgan fingerprint density at radius 1 is 1.22 bits per heavy atom. The van der Waals surface area contributed by atoms with Gasteiger partial charge in [0.2, 0.25) is 5.91 Å². The summed E-state index contributed by atoms with van der Waals surface area (Å²) in [7, 11) is 0. The predicted octanol–water partition coefficient (Wildman–Crippen LogP) is 2.21. The average Bonchev–Trinajstić information content (AvgIpc) is 3.02. The van der Waals surface area contributed by atoms with Gasteiger partial charge >= 0.3 is 0 Å². The van der Waals surface area contributed by atoms with E-state index in [2.05, 4.69) is 23.0 Å². The Balaban J connectivity index is 1.96. The van der Waals surface area contributed by atoms with Crippen LogP contribution in [0.3, 0.4) is 0 Å². The van der Waals surface area contributed by atoms with Crippen LogP contribution >= 0.6 is 11.8 Å². The number of carbonyl (C=O) groups excluding carboxylic acids is 1. The van der Waals surface area contributed by atoms with E-state index in [9.17, 15) is 4.79 Å².